The summed E-state index contributed by atoms with van der Waals surface area (Å²) >= 11 is 9.50. The van der Waals surface area contributed by atoms with Gasteiger partial charge in [0.1, 0.15) is 16.5 Å². The lowest BCUT2D eigenvalue weighted by Crippen LogP contribution is -2.31. The molecule has 17 heavy (non-hydrogen) atoms. The highest BCUT2D eigenvalue weighted by molar-refractivity contribution is 9.08. The van der Waals surface area contributed by atoms with E-state index in [1.54, 1.807) is 0 Å². The molecule has 6 heteroatoms. The van der Waals surface area contributed by atoms with Crippen LogP contribution in [0.2, 0.25) is 5.15 Å². The molecule has 90 valence electrons. The van der Waals surface area contributed by atoms with Gasteiger partial charge in [-0.05, 0) is 18.6 Å². The summed E-state index contributed by atoms with van der Waals surface area (Å²) in [4.78, 5) is 8.98. The van der Waals surface area contributed by atoms with Gasteiger partial charge in [-0.1, -0.05) is 27.5 Å². The Morgan fingerprint density at radius 3 is 2.88 bits per heavy atom. The number of imidazole rings is 1. The van der Waals surface area contributed by atoms with Crippen LogP contribution in [-0.2, 0) is 10.1 Å². The minimum absolute atomic E-state index is 0.342. The van der Waals surface area contributed by atoms with E-state index < -0.39 is 0 Å². The first-order valence-electron chi connectivity index (χ1n) is 5.38. The fraction of sp³-hybridized carbons (Fsp3) is 0.455. The van der Waals surface area contributed by atoms with Crippen molar-refractivity contribution in [3.05, 3.63) is 22.6 Å². The third-order valence-corrected chi connectivity index (χ3v) is 3.80. The van der Waals surface area contributed by atoms with Crippen molar-refractivity contribution >= 4 is 38.7 Å². The predicted molar refractivity (Wildman–Crippen MR) is 69.8 cm³/mol. The molecule has 0 bridgehead atoms. The lowest BCUT2D eigenvalue weighted by molar-refractivity contribution is -0.0226. The van der Waals surface area contributed by atoms with Crippen molar-refractivity contribution in [2.24, 2.45) is 0 Å². The summed E-state index contributed by atoms with van der Waals surface area (Å²) in [5.41, 5.74) is 2.86. The molecule has 0 radical (unpaired) electrons. The molecule has 0 spiro atoms. The maximum atomic E-state index is 6.05. The standard InChI is InChI=1S/C11H11BrClN3O/c1-6-14-10-7(3-12)2-9(13)15-11(10)16(6)8-4-17-5-8/h2,8H,3-5H2,1H3. The maximum absolute atomic E-state index is 6.05. The number of halogens is 2. The molecule has 1 aliphatic rings. The first kappa shape index (κ1) is 11.4. The molecule has 0 aromatic carbocycles. The summed E-state index contributed by atoms with van der Waals surface area (Å²) < 4.78 is 7.35. The fourth-order valence-electron chi connectivity index (χ4n) is 2.11. The number of hydrogen-bond donors (Lipinski definition) is 0. The van der Waals surface area contributed by atoms with Gasteiger partial charge in [0.15, 0.2) is 5.65 Å². The molecule has 0 unspecified atom stereocenters. The fourth-order valence-corrected chi connectivity index (χ4v) is 2.75. The lowest BCUT2D eigenvalue weighted by atomic mass is 10.2. The van der Waals surface area contributed by atoms with Crippen LogP contribution >= 0.6 is 27.5 Å². The SMILES string of the molecule is Cc1nc2c(CBr)cc(Cl)nc2n1C1COC1. The van der Waals surface area contributed by atoms with E-state index in [1.165, 1.54) is 0 Å². The number of fused-ring (bicyclic) bond motifs is 1. The second-order valence-electron chi connectivity index (χ2n) is 4.13. The molecule has 0 N–H and O–H groups in total. The maximum Gasteiger partial charge on any atom is 0.162 e. The molecular formula is C11H11BrClN3O. The van der Waals surface area contributed by atoms with Gasteiger partial charge in [0.25, 0.3) is 0 Å². The molecule has 3 heterocycles. The van der Waals surface area contributed by atoms with E-state index in [0.717, 1.165) is 41.1 Å². The van der Waals surface area contributed by atoms with Crippen LogP contribution in [0.25, 0.3) is 11.2 Å². The van der Waals surface area contributed by atoms with Gasteiger partial charge in [-0.15, -0.1) is 0 Å². The number of alkyl halides is 1. The molecule has 0 atom stereocenters. The minimum atomic E-state index is 0.342. The van der Waals surface area contributed by atoms with E-state index in [9.17, 15) is 0 Å². The minimum Gasteiger partial charge on any atom is -0.377 e. The molecule has 1 aliphatic heterocycles. The number of pyridine rings is 1. The van der Waals surface area contributed by atoms with E-state index in [-0.39, 0.29) is 0 Å². The van der Waals surface area contributed by atoms with Crippen molar-refractivity contribution in [1.29, 1.82) is 0 Å². The van der Waals surface area contributed by atoms with Crippen LogP contribution in [0.1, 0.15) is 17.4 Å². The zero-order valence-electron chi connectivity index (χ0n) is 9.28. The molecular weight excluding hydrogens is 305 g/mol. The van der Waals surface area contributed by atoms with E-state index in [0.29, 0.717) is 11.2 Å². The van der Waals surface area contributed by atoms with Gasteiger partial charge in [-0.25, -0.2) is 9.97 Å². The summed E-state index contributed by atoms with van der Waals surface area (Å²) in [6, 6.07) is 2.20. The van der Waals surface area contributed by atoms with Crippen LogP contribution in [-0.4, -0.2) is 27.7 Å². The number of aryl methyl sites for hydroxylation is 1. The van der Waals surface area contributed by atoms with Crippen molar-refractivity contribution < 1.29 is 4.74 Å². The van der Waals surface area contributed by atoms with Gasteiger partial charge < -0.3 is 9.30 Å². The second kappa shape index (κ2) is 4.23. The van der Waals surface area contributed by atoms with Crippen LogP contribution in [0.4, 0.5) is 0 Å². The largest absolute Gasteiger partial charge is 0.377 e. The zero-order chi connectivity index (χ0) is 12.0. The van der Waals surface area contributed by atoms with Crippen LogP contribution in [0, 0.1) is 6.92 Å². The predicted octanol–water partition coefficient (Wildman–Crippen LogP) is 2.86. The number of nitrogens with zero attached hydrogens (tertiary/aromatic N) is 3. The molecule has 0 amide bonds. The van der Waals surface area contributed by atoms with Gasteiger partial charge in [0.05, 0.1) is 19.3 Å². The first-order chi connectivity index (χ1) is 8.20. The topological polar surface area (TPSA) is 39.9 Å². The Balaban J connectivity index is 2.27. The Morgan fingerprint density at radius 1 is 1.53 bits per heavy atom. The normalized spacial score (nSPS) is 16.4. The van der Waals surface area contributed by atoms with Crippen LogP contribution in [0.15, 0.2) is 6.07 Å². The first-order valence-corrected chi connectivity index (χ1v) is 6.88. The highest BCUT2D eigenvalue weighted by Crippen LogP contribution is 2.28. The zero-order valence-corrected chi connectivity index (χ0v) is 11.6. The van der Waals surface area contributed by atoms with Crippen LogP contribution < -0.4 is 0 Å². The summed E-state index contributed by atoms with van der Waals surface area (Å²) in [5.74, 6) is 0.963. The van der Waals surface area contributed by atoms with E-state index in [4.69, 9.17) is 16.3 Å². The molecule has 1 saturated heterocycles. The third kappa shape index (κ3) is 1.77. The Bertz CT molecular complexity index is 580. The van der Waals surface area contributed by atoms with E-state index >= 15 is 0 Å². The van der Waals surface area contributed by atoms with E-state index in [2.05, 4.69) is 30.5 Å². The number of hydrogen-bond acceptors (Lipinski definition) is 3. The van der Waals surface area contributed by atoms with Crippen molar-refractivity contribution in [3.63, 3.8) is 0 Å². The quantitative estimate of drug-likeness (QED) is 0.632. The van der Waals surface area contributed by atoms with Crippen molar-refractivity contribution in [2.75, 3.05) is 13.2 Å². The molecule has 0 aliphatic carbocycles. The highest BCUT2D eigenvalue weighted by Gasteiger charge is 2.25. The third-order valence-electron chi connectivity index (χ3n) is 3.00. The summed E-state index contributed by atoms with van der Waals surface area (Å²) in [6.07, 6.45) is 0. The monoisotopic (exact) mass is 315 g/mol. The van der Waals surface area contributed by atoms with Gasteiger partial charge in [-0.2, -0.15) is 0 Å². The molecule has 1 fully saturated rings. The highest BCUT2D eigenvalue weighted by atomic mass is 79.9. The molecule has 0 saturated carbocycles. The Morgan fingerprint density at radius 2 is 2.29 bits per heavy atom. The molecule has 2 aromatic rings. The summed E-state index contributed by atoms with van der Waals surface area (Å²) in [6.45, 7) is 3.44. The van der Waals surface area contributed by atoms with Crippen LogP contribution in [0.3, 0.4) is 0 Å². The number of aromatic nitrogens is 3. The smallest absolute Gasteiger partial charge is 0.162 e. The molecule has 3 rings (SSSR count). The van der Waals surface area contributed by atoms with Crippen molar-refractivity contribution in [3.8, 4) is 0 Å². The Kier molecular flexibility index (Phi) is 2.84. The van der Waals surface area contributed by atoms with Gasteiger partial charge in [0, 0.05) is 5.33 Å². The Labute approximate surface area is 112 Å². The molecule has 2 aromatic heterocycles. The summed E-state index contributed by atoms with van der Waals surface area (Å²) in [5, 5.41) is 1.23. The average Bonchev–Trinajstić information content (AvgIpc) is 2.53. The van der Waals surface area contributed by atoms with Gasteiger partial charge in [0.2, 0.25) is 0 Å². The lowest BCUT2D eigenvalue weighted by Gasteiger charge is -2.28. The van der Waals surface area contributed by atoms with Crippen LogP contribution in [0.5, 0.6) is 0 Å². The number of rotatable bonds is 2. The average molecular weight is 317 g/mol. The van der Waals surface area contributed by atoms with Crippen molar-refractivity contribution in [2.45, 2.75) is 18.3 Å². The second-order valence-corrected chi connectivity index (χ2v) is 5.08. The van der Waals surface area contributed by atoms with E-state index in [1.807, 2.05) is 13.0 Å². The molecule has 4 nitrogen and oxygen atoms in total. The number of ether oxygens (including phenoxy) is 1. The Hall–Kier alpha value is -0.650. The van der Waals surface area contributed by atoms with Crippen molar-refractivity contribution in [1.82, 2.24) is 14.5 Å². The summed E-state index contributed by atoms with van der Waals surface area (Å²) in [7, 11) is 0. The van der Waals surface area contributed by atoms with Gasteiger partial charge >= 0.3 is 0 Å². The van der Waals surface area contributed by atoms with Gasteiger partial charge in [-0.3, -0.25) is 0 Å².